The van der Waals surface area contributed by atoms with Gasteiger partial charge in [0.1, 0.15) is 0 Å². The lowest BCUT2D eigenvalue weighted by atomic mass is 10.2. The van der Waals surface area contributed by atoms with Gasteiger partial charge in [0.05, 0.1) is 6.20 Å². The minimum atomic E-state index is 1.14. The SMILES string of the molecule is CNc1ccc2c(c[c]n2C)c1. The summed E-state index contributed by atoms with van der Waals surface area (Å²) in [5.74, 6) is 0. The molecule has 1 aromatic heterocycles. The van der Waals surface area contributed by atoms with Gasteiger partial charge < -0.3 is 9.88 Å². The van der Waals surface area contributed by atoms with Gasteiger partial charge in [0.2, 0.25) is 0 Å². The highest BCUT2D eigenvalue weighted by Gasteiger charge is 1.97. The normalized spacial score (nSPS) is 10.5. The molecule has 1 heterocycles. The second-order valence-corrected chi connectivity index (χ2v) is 2.86. The molecule has 0 atom stereocenters. The average molecular weight is 159 g/mol. The summed E-state index contributed by atoms with van der Waals surface area (Å²) in [4.78, 5) is 0. The Morgan fingerprint density at radius 1 is 1.42 bits per heavy atom. The van der Waals surface area contributed by atoms with Gasteiger partial charge in [0.15, 0.2) is 0 Å². The fourth-order valence-electron chi connectivity index (χ4n) is 1.37. The number of aryl methyl sites for hydroxylation is 1. The van der Waals surface area contributed by atoms with E-state index in [4.69, 9.17) is 0 Å². The molecule has 0 aliphatic rings. The number of benzene rings is 1. The van der Waals surface area contributed by atoms with Crippen LogP contribution in [0.15, 0.2) is 24.3 Å². The molecule has 0 unspecified atom stereocenters. The molecule has 0 bridgehead atoms. The van der Waals surface area contributed by atoms with Crippen molar-refractivity contribution in [3.05, 3.63) is 30.5 Å². The monoisotopic (exact) mass is 159 g/mol. The first-order valence-corrected chi connectivity index (χ1v) is 3.96. The van der Waals surface area contributed by atoms with Gasteiger partial charge in [-0.3, -0.25) is 0 Å². The Labute approximate surface area is 71.8 Å². The molecular weight excluding hydrogens is 148 g/mol. The van der Waals surface area contributed by atoms with Crippen LogP contribution in [-0.2, 0) is 7.05 Å². The van der Waals surface area contributed by atoms with Crippen molar-refractivity contribution in [1.29, 1.82) is 0 Å². The molecule has 0 fully saturated rings. The predicted octanol–water partition coefficient (Wildman–Crippen LogP) is 2.02. The van der Waals surface area contributed by atoms with Crippen molar-refractivity contribution in [3.63, 3.8) is 0 Å². The highest BCUT2D eigenvalue weighted by Crippen LogP contribution is 2.18. The Bertz CT molecular complexity index is 401. The zero-order valence-electron chi connectivity index (χ0n) is 7.26. The molecule has 0 spiro atoms. The fraction of sp³-hybridized carbons (Fsp3) is 0.200. The van der Waals surface area contributed by atoms with E-state index in [0.717, 1.165) is 5.69 Å². The van der Waals surface area contributed by atoms with Crippen molar-refractivity contribution < 1.29 is 0 Å². The number of anilines is 1. The number of rotatable bonds is 1. The molecule has 1 aromatic carbocycles. The molecule has 2 rings (SSSR count). The molecule has 0 aliphatic heterocycles. The molecule has 0 aliphatic carbocycles. The molecule has 1 N–H and O–H groups in total. The van der Waals surface area contributed by atoms with Crippen LogP contribution in [0.4, 0.5) is 5.69 Å². The van der Waals surface area contributed by atoms with Crippen LogP contribution in [-0.4, -0.2) is 11.6 Å². The van der Waals surface area contributed by atoms with Crippen molar-refractivity contribution in [1.82, 2.24) is 4.57 Å². The maximum Gasteiger partial charge on any atom is 0.0656 e. The van der Waals surface area contributed by atoms with Crippen LogP contribution in [0.25, 0.3) is 10.9 Å². The Morgan fingerprint density at radius 3 is 3.00 bits per heavy atom. The third-order valence-corrected chi connectivity index (χ3v) is 2.09. The Kier molecular flexibility index (Phi) is 1.54. The number of nitrogens with one attached hydrogen (secondary N) is 1. The molecule has 61 valence electrons. The second-order valence-electron chi connectivity index (χ2n) is 2.86. The molecule has 0 saturated heterocycles. The topological polar surface area (TPSA) is 17.0 Å². The highest BCUT2D eigenvalue weighted by molar-refractivity contribution is 5.83. The van der Waals surface area contributed by atoms with Crippen LogP contribution in [0.3, 0.4) is 0 Å². The van der Waals surface area contributed by atoms with Crippen molar-refractivity contribution in [2.24, 2.45) is 7.05 Å². The van der Waals surface area contributed by atoms with E-state index in [1.54, 1.807) is 0 Å². The Morgan fingerprint density at radius 2 is 2.25 bits per heavy atom. The maximum absolute atomic E-state index is 3.12. The van der Waals surface area contributed by atoms with Crippen LogP contribution >= 0.6 is 0 Å². The van der Waals surface area contributed by atoms with Gasteiger partial charge in [-0.2, -0.15) is 0 Å². The highest BCUT2D eigenvalue weighted by atomic mass is 14.9. The van der Waals surface area contributed by atoms with Crippen LogP contribution in [0, 0.1) is 6.20 Å². The van der Waals surface area contributed by atoms with Crippen molar-refractivity contribution in [2.45, 2.75) is 0 Å². The van der Waals surface area contributed by atoms with Crippen LogP contribution < -0.4 is 5.32 Å². The zero-order chi connectivity index (χ0) is 8.55. The van der Waals surface area contributed by atoms with E-state index < -0.39 is 0 Å². The van der Waals surface area contributed by atoms with Gasteiger partial charge in [-0.1, -0.05) is 0 Å². The lowest BCUT2D eigenvalue weighted by Crippen LogP contribution is -1.88. The van der Waals surface area contributed by atoms with Gasteiger partial charge in [0.25, 0.3) is 0 Å². The lowest BCUT2D eigenvalue weighted by molar-refractivity contribution is 0.960. The number of nitrogens with zero attached hydrogens (tertiary/aromatic N) is 1. The van der Waals surface area contributed by atoms with E-state index in [1.165, 1.54) is 10.9 Å². The van der Waals surface area contributed by atoms with E-state index in [9.17, 15) is 0 Å². The molecule has 0 saturated carbocycles. The van der Waals surface area contributed by atoms with Gasteiger partial charge in [-0.05, 0) is 24.3 Å². The smallest absolute Gasteiger partial charge is 0.0656 e. The summed E-state index contributed by atoms with van der Waals surface area (Å²) in [5, 5.41) is 4.33. The summed E-state index contributed by atoms with van der Waals surface area (Å²) >= 11 is 0. The third-order valence-electron chi connectivity index (χ3n) is 2.09. The first kappa shape index (κ1) is 7.22. The molecule has 2 heteroatoms. The molecule has 0 amide bonds. The molecule has 2 aromatic rings. The third kappa shape index (κ3) is 0.961. The van der Waals surface area contributed by atoms with Gasteiger partial charge in [0, 0.05) is 30.7 Å². The summed E-state index contributed by atoms with van der Waals surface area (Å²) in [5.41, 5.74) is 2.36. The Hall–Kier alpha value is -1.44. The zero-order valence-corrected chi connectivity index (χ0v) is 7.26. The summed E-state index contributed by atoms with van der Waals surface area (Å²) in [6.45, 7) is 0. The summed E-state index contributed by atoms with van der Waals surface area (Å²) in [6, 6.07) is 8.27. The number of hydrogen-bond acceptors (Lipinski definition) is 1. The van der Waals surface area contributed by atoms with Crippen LogP contribution in [0.2, 0.25) is 0 Å². The van der Waals surface area contributed by atoms with Crippen LogP contribution in [0.1, 0.15) is 0 Å². The summed E-state index contributed by atoms with van der Waals surface area (Å²) in [7, 11) is 3.93. The largest absolute Gasteiger partial charge is 0.388 e. The minimum absolute atomic E-state index is 1.14. The van der Waals surface area contributed by atoms with E-state index in [2.05, 4.69) is 29.7 Å². The van der Waals surface area contributed by atoms with Gasteiger partial charge in [-0.15, -0.1) is 0 Å². The molecule has 1 radical (unpaired) electrons. The number of fused-ring (bicyclic) bond motifs is 1. The Balaban J connectivity index is 2.69. The maximum atomic E-state index is 3.12. The van der Waals surface area contributed by atoms with E-state index >= 15 is 0 Å². The fourth-order valence-corrected chi connectivity index (χ4v) is 1.37. The van der Waals surface area contributed by atoms with Crippen LogP contribution in [0.5, 0.6) is 0 Å². The molecular formula is C10H11N2. The van der Waals surface area contributed by atoms with Gasteiger partial charge in [-0.25, -0.2) is 0 Å². The van der Waals surface area contributed by atoms with E-state index in [-0.39, 0.29) is 0 Å². The van der Waals surface area contributed by atoms with Crippen molar-refractivity contribution in [3.8, 4) is 0 Å². The number of hydrogen-bond donors (Lipinski definition) is 1. The predicted molar refractivity (Wildman–Crippen MR) is 51.3 cm³/mol. The summed E-state index contributed by atoms with van der Waals surface area (Å²) in [6.07, 6.45) is 3.12. The minimum Gasteiger partial charge on any atom is -0.388 e. The lowest BCUT2D eigenvalue weighted by Gasteiger charge is -2.00. The van der Waals surface area contributed by atoms with Gasteiger partial charge >= 0.3 is 0 Å². The first-order chi connectivity index (χ1) is 5.81. The molecule has 2 nitrogen and oxygen atoms in total. The van der Waals surface area contributed by atoms with Crippen molar-refractivity contribution >= 4 is 16.6 Å². The van der Waals surface area contributed by atoms with E-state index in [0.29, 0.717) is 0 Å². The standard InChI is InChI=1S/C10H11N2/c1-11-9-3-4-10-8(7-9)5-6-12(10)2/h3-5,7,11H,1-2H3. The van der Waals surface area contributed by atoms with E-state index in [1.807, 2.05) is 24.7 Å². The molecule has 12 heavy (non-hydrogen) atoms. The second kappa shape index (κ2) is 2.55. The summed E-state index contributed by atoms with van der Waals surface area (Å²) < 4.78 is 1.99. The average Bonchev–Trinajstić information content (AvgIpc) is 2.47. The number of aromatic nitrogens is 1. The quantitative estimate of drug-likeness (QED) is 0.673. The van der Waals surface area contributed by atoms with Crippen molar-refractivity contribution in [2.75, 3.05) is 12.4 Å². The first-order valence-electron chi connectivity index (χ1n) is 3.96.